The van der Waals surface area contributed by atoms with Crippen LogP contribution in [0.1, 0.15) is 32.6 Å². The van der Waals surface area contributed by atoms with Crippen molar-refractivity contribution in [2.24, 2.45) is 23.7 Å². The summed E-state index contributed by atoms with van der Waals surface area (Å²) in [5.74, 6) is 3.52. The fourth-order valence-electron chi connectivity index (χ4n) is 4.73. The van der Waals surface area contributed by atoms with Crippen LogP contribution in [0.3, 0.4) is 0 Å². The average Bonchev–Trinajstić information content (AvgIpc) is 2.80. The lowest BCUT2D eigenvalue weighted by molar-refractivity contribution is 0.456. The molecule has 3 saturated carbocycles. The normalized spacial score (nSPS) is 36.7. The van der Waals surface area contributed by atoms with Crippen molar-refractivity contribution in [2.45, 2.75) is 43.5 Å². The molecule has 21 heavy (non-hydrogen) atoms. The SMILES string of the molecule is CCCS(=O)(=O)c1c(N)nsc1NC1C2C3CCC(C3)C12. The molecule has 3 aliphatic rings. The van der Waals surface area contributed by atoms with Crippen molar-refractivity contribution >= 4 is 32.2 Å². The summed E-state index contributed by atoms with van der Waals surface area (Å²) in [5, 5.41) is 4.14. The number of nitrogens with two attached hydrogens (primary N) is 1. The number of nitrogens with zero attached hydrogens (tertiary/aromatic N) is 1. The smallest absolute Gasteiger partial charge is 0.185 e. The summed E-state index contributed by atoms with van der Waals surface area (Å²) in [6.45, 7) is 1.86. The van der Waals surface area contributed by atoms with Crippen molar-refractivity contribution in [3.05, 3.63) is 0 Å². The molecule has 7 heteroatoms. The summed E-state index contributed by atoms with van der Waals surface area (Å²) in [6, 6.07) is 0.451. The molecule has 5 nitrogen and oxygen atoms in total. The number of sulfone groups is 1. The molecular formula is C14H21N3O2S2. The molecule has 3 N–H and O–H groups in total. The van der Waals surface area contributed by atoms with Crippen molar-refractivity contribution < 1.29 is 8.42 Å². The lowest BCUT2D eigenvalue weighted by atomic mass is 10.0. The maximum Gasteiger partial charge on any atom is 0.185 e. The number of hydrogen-bond acceptors (Lipinski definition) is 6. The van der Waals surface area contributed by atoms with Crippen molar-refractivity contribution in [3.63, 3.8) is 0 Å². The maximum absolute atomic E-state index is 12.4. The summed E-state index contributed by atoms with van der Waals surface area (Å²) < 4.78 is 28.8. The second kappa shape index (κ2) is 4.59. The van der Waals surface area contributed by atoms with E-state index in [2.05, 4.69) is 9.69 Å². The first-order chi connectivity index (χ1) is 10.0. The summed E-state index contributed by atoms with van der Waals surface area (Å²) >= 11 is 1.19. The molecule has 116 valence electrons. The minimum absolute atomic E-state index is 0.132. The van der Waals surface area contributed by atoms with E-state index in [0.29, 0.717) is 17.5 Å². The van der Waals surface area contributed by atoms with E-state index in [-0.39, 0.29) is 16.5 Å². The highest BCUT2D eigenvalue weighted by atomic mass is 32.2. The van der Waals surface area contributed by atoms with Gasteiger partial charge in [0, 0.05) is 6.04 Å². The summed E-state index contributed by atoms with van der Waals surface area (Å²) in [7, 11) is -3.32. The minimum atomic E-state index is -3.32. The maximum atomic E-state index is 12.4. The number of rotatable bonds is 5. The fraction of sp³-hybridized carbons (Fsp3) is 0.786. The highest BCUT2D eigenvalue weighted by Gasteiger charge is 2.65. The molecule has 0 spiro atoms. The zero-order chi connectivity index (χ0) is 14.8. The van der Waals surface area contributed by atoms with Gasteiger partial charge in [-0.05, 0) is 60.9 Å². The van der Waals surface area contributed by atoms with Crippen LogP contribution in [0.25, 0.3) is 0 Å². The van der Waals surface area contributed by atoms with Crippen LogP contribution in [0, 0.1) is 23.7 Å². The van der Waals surface area contributed by atoms with E-state index in [1.807, 2.05) is 6.92 Å². The van der Waals surface area contributed by atoms with Gasteiger partial charge in [-0.25, -0.2) is 8.42 Å². The van der Waals surface area contributed by atoms with E-state index in [0.717, 1.165) is 23.7 Å². The van der Waals surface area contributed by atoms with Crippen LogP contribution in [-0.4, -0.2) is 24.6 Å². The van der Waals surface area contributed by atoms with Crippen molar-refractivity contribution in [1.82, 2.24) is 4.37 Å². The van der Waals surface area contributed by atoms with E-state index < -0.39 is 9.84 Å². The molecule has 0 amide bonds. The van der Waals surface area contributed by atoms with Gasteiger partial charge >= 0.3 is 0 Å². The standard InChI is InChI=1S/C14H21N3O2S2/c1-2-5-21(18,19)12-13(15)17-20-14(12)16-11-9-7-3-4-8(6-7)10(9)11/h7-11,16H,2-6H2,1H3,(H2,15,17). The predicted molar refractivity (Wildman–Crippen MR) is 84.1 cm³/mol. The third-order valence-corrected chi connectivity index (χ3v) is 8.39. The van der Waals surface area contributed by atoms with Crippen LogP contribution >= 0.6 is 11.5 Å². The third-order valence-electron chi connectivity index (χ3n) is 5.49. The van der Waals surface area contributed by atoms with Crippen LogP contribution in [0.15, 0.2) is 4.90 Å². The first-order valence-corrected chi connectivity index (χ1v) is 10.2. The van der Waals surface area contributed by atoms with Crippen LogP contribution < -0.4 is 11.1 Å². The molecule has 2 bridgehead atoms. The molecular weight excluding hydrogens is 306 g/mol. The fourth-order valence-corrected chi connectivity index (χ4v) is 7.38. The van der Waals surface area contributed by atoms with Crippen molar-refractivity contribution in [3.8, 4) is 0 Å². The molecule has 4 atom stereocenters. The Bertz CT molecular complexity index is 654. The highest BCUT2D eigenvalue weighted by molar-refractivity contribution is 7.91. The number of aromatic nitrogens is 1. The molecule has 1 heterocycles. The van der Waals surface area contributed by atoms with Gasteiger partial charge in [0.1, 0.15) is 9.90 Å². The van der Waals surface area contributed by atoms with Crippen LogP contribution in [-0.2, 0) is 9.84 Å². The minimum Gasteiger partial charge on any atom is -0.382 e. The number of nitrogen functional groups attached to an aromatic ring is 1. The Morgan fingerprint density at radius 3 is 2.62 bits per heavy atom. The van der Waals surface area contributed by atoms with Gasteiger partial charge in [0.2, 0.25) is 0 Å². The average molecular weight is 327 g/mol. The lowest BCUT2D eigenvalue weighted by Gasteiger charge is -2.11. The van der Waals surface area contributed by atoms with Crippen LogP contribution in [0.4, 0.5) is 10.8 Å². The number of hydrogen-bond donors (Lipinski definition) is 2. The molecule has 0 aromatic carbocycles. The van der Waals surface area contributed by atoms with Gasteiger partial charge in [-0.1, -0.05) is 6.92 Å². The number of nitrogens with one attached hydrogen (secondary N) is 1. The van der Waals surface area contributed by atoms with E-state index in [4.69, 9.17) is 5.73 Å². The van der Waals surface area contributed by atoms with Gasteiger partial charge in [-0.3, -0.25) is 0 Å². The Morgan fingerprint density at radius 1 is 1.33 bits per heavy atom. The van der Waals surface area contributed by atoms with E-state index in [1.165, 1.54) is 30.8 Å². The highest BCUT2D eigenvalue weighted by Crippen LogP contribution is 2.66. The topological polar surface area (TPSA) is 85.1 Å². The van der Waals surface area contributed by atoms with Crippen molar-refractivity contribution in [1.29, 1.82) is 0 Å². The van der Waals surface area contributed by atoms with Gasteiger partial charge in [0.25, 0.3) is 0 Å². The lowest BCUT2D eigenvalue weighted by Crippen LogP contribution is -2.15. The second-order valence-corrected chi connectivity index (χ2v) is 9.52. The Hall–Kier alpha value is -0.820. The quantitative estimate of drug-likeness (QED) is 0.867. The Kier molecular flexibility index (Phi) is 3.02. The molecule has 3 aliphatic carbocycles. The van der Waals surface area contributed by atoms with E-state index >= 15 is 0 Å². The van der Waals surface area contributed by atoms with Crippen LogP contribution in [0.5, 0.6) is 0 Å². The first kappa shape index (κ1) is 13.8. The molecule has 4 unspecified atom stereocenters. The Labute approximate surface area is 129 Å². The van der Waals surface area contributed by atoms with Gasteiger partial charge < -0.3 is 11.1 Å². The molecule has 1 aromatic rings. The van der Waals surface area contributed by atoms with Crippen molar-refractivity contribution in [2.75, 3.05) is 16.8 Å². The van der Waals surface area contributed by atoms with Gasteiger partial charge in [-0.15, -0.1) is 0 Å². The second-order valence-electron chi connectivity index (χ2n) is 6.70. The Balaban J connectivity index is 1.57. The molecule has 3 fully saturated rings. The van der Waals surface area contributed by atoms with Gasteiger partial charge in [0.15, 0.2) is 15.7 Å². The number of fused-ring (bicyclic) bond motifs is 5. The summed E-state index contributed by atoms with van der Waals surface area (Å²) in [6.07, 6.45) is 4.70. The van der Waals surface area contributed by atoms with E-state index in [1.54, 1.807) is 0 Å². The summed E-state index contributed by atoms with van der Waals surface area (Å²) in [5.41, 5.74) is 5.82. The monoisotopic (exact) mass is 327 g/mol. The van der Waals surface area contributed by atoms with E-state index in [9.17, 15) is 8.42 Å². The zero-order valence-electron chi connectivity index (χ0n) is 12.1. The Morgan fingerprint density at radius 2 is 2.00 bits per heavy atom. The molecule has 4 rings (SSSR count). The number of anilines is 2. The van der Waals surface area contributed by atoms with Gasteiger partial charge in [-0.2, -0.15) is 4.37 Å². The predicted octanol–water partition coefficient (Wildman–Crippen LogP) is 2.37. The zero-order valence-corrected chi connectivity index (χ0v) is 13.7. The first-order valence-electron chi connectivity index (χ1n) is 7.77. The molecule has 0 aliphatic heterocycles. The van der Waals surface area contributed by atoms with Crippen LogP contribution in [0.2, 0.25) is 0 Å². The largest absolute Gasteiger partial charge is 0.382 e. The molecule has 0 saturated heterocycles. The molecule has 1 aromatic heterocycles. The summed E-state index contributed by atoms with van der Waals surface area (Å²) in [4.78, 5) is 0.242. The molecule has 0 radical (unpaired) electrons. The third kappa shape index (κ3) is 2.00. The van der Waals surface area contributed by atoms with Gasteiger partial charge in [0.05, 0.1) is 5.75 Å².